The van der Waals surface area contributed by atoms with Crippen molar-refractivity contribution in [3.05, 3.63) is 23.4 Å². The predicted octanol–water partition coefficient (Wildman–Crippen LogP) is 2.62. The Balaban J connectivity index is 0. The Morgan fingerprint density at radius 1 is 1.36 bits per heavy atom. The zero-order chi connectivity index (χ0) is 6.69. The fourth-order valence-corrected chi connectivity index (χ4v) is 0.635. The second-order valence-electron chi connectivity index (χ2n) is 1.61. The lowest BCUT2D eigenvalue weighted by atomic mass is 10.5. The molecule has 1 N–H and O–H groups in total. The first-order chi connectivity index (χ1) is 4.33. The van der Waals surface area contributed by atoms with E-state index in [-0.39, 0.29) is 24.8 Å². The van der Waals surface area contributed by atoms with Crippen LogP contribution in [0.15, 0.2) is 18.3 Å². The molecule has 0 aliphatic rings. The van der Waals surface area contributed by atoms with E-state index in [1.807, 2.05) is 13.1 Å². The summed E-state index contributed by atoms with van der Waals surface area (Å²) in [6.07, 6.45) is 1.60. The lowest BCUT2D eigenvalue weighted by Gasteiger charge is -1.95. The molecule has 0 aliphatic carbocycles. The molecule has 2 nitrogen and oxygen atoms in total. The molecule has 64 valence electrons. The van der Waals surface area contributed by atoms with Crippen molar-refractivity contribution in [3.8, 4) is 0 Å². The molecule has 0 fully saturated rings. The first-order valence-electron chi connectivity index (χ1n) is 2.62. The van der Waals surface area contributed by atoms with Gasteiger partial charge in [0, 0.05) is 13.2 Å². The summed E-state index contributed by atoms with van der Waals surface area (Å²) in [5.41, 5.74) is 0. The minimum Gasteiger partial charge on any atom is -0.373 e. The van der Waals surface area contributed by atoms with Crippen molar-refractivity contribution in [1.82, 2.24) is 4.98 Å². The van der Waals surface area contributed by atoms with Gasteiger partial charge >= 0.3 is 0 Å². The summed E-state index contributed by atoms with van der Waals surface area (Å²) >= 11 is 5.58. The van der Waals surface area contributed by atoms with Crippen molar-refractivity contribution < 1.29 is 0 Å². The van der Waals surface area contributed by atoms with Crippen LogP contribution < -0.4 is 5.32 Å². The van der Waals surface area contributed by atoms with E-state index in [1.54, 1.807) is 12.3 Å². The van der Waals surface area contributed by atoms with Gasteiger partial charge in [-0.25, -0.2) is 4.98 Å². The molecule has 0 atom stereocenters. The number of nitrogens with zero attached hydrogens (tertiary/aromatic N) is 1. The fourth-order valence-electron chi connectivity index (χ4n) is 0.524. The number of pyridine rings is 1. The maximum absolute atomic E-state index is 5.58. The topological polar surface area (TPSA) is 24.9 Å². The minimum atomic E-state index is 0. The zero-order valence-corrected chi connectivity index (χ0v) is 8.26. The molecule has 0 aromatic carbocycles. The number of aromatic nitrogens is 1. The third-order valence-electron chi connectivity index (χ3n) is 0.984. The van der Waals surface area contributed by atoms with Crippen LogP contribution in [0.5, 0.6) is 0 Å². The normalized spacial score (nSPS) is 7.45. The van der Waals surface area contributed by atoms with Gasteiger partial charge in [-0.1, -0.05) is 11.6 Å². The van der Waals surface area contributed by atoms with Crippen LogP contribution in [0.3, 0.4) is 0 Å². The van der Waals surface area contributed by atoms with Crippen molar-refractivity contribution in [2.45, 2.75) is 0 Å². The van der Waals surface area contributed by atoms with Crippen molar-refractivity contribution in [2.24, 2.45) is 0 Å². The molecule has 0 bridgehead atoms. The number of nitrogens with one attached hydrogen (secondary N) is 1. The molecule has 0 saturated carbocycles. The summed E-state index contributed by atoms with van der Waals surface area (Å²) in [4.78, 5) is 3.95. The van der Waals surface area contributed by atoms with Crippen LogP contribution in [-0.4, -0.2) is 12.0 Å². The Hall–Kier alpha value is -0.180. The molecule has 5 heteroatoms. The molecule has 11 heavy (non-hydrogen) atoms. The summed E-state index contributed by atoms with van der Waals surface area (Å²) in [5.74, 6) is 0.833. The summed E-state index contributed by atoms with van der Waals surface area (Å²) in [7, 11) is 1.82. The number of halogens is 3. The number of hydrogen-bond acceptors (Lipinski definition) is 2. The first-order valence-corrected chi connectivity index (χ1v) is 3.00. The highest BCUT2D eigenvalue weighted by atomic mass is 35.5. The highest BCUT2D eigenvalue weighted by Crippen LogP contribution is 2.07. The molecule has 1 heterocycles. The molecule has 0 aliphatic heterocycles. The van der Waals surface area contributed by atoms with Gasteiger partial charge in [-0.05, 0) is 12.1 Å². The monoisotopic (exact) mass is 214 g/mol. The van der Waals surface area contributed by atoms with Gasteiger partial charge in [0.25, 0.3) is 0 Å². The lowest BCUT2D eigenvalue weighted by Crippen LogP contribution is -1.89. The Morgan fingerprint density at radius 2 is 2.00 bits per heavy atom. The lowest BCUT2D eigenvalue weighted by molar-refractivity contribution is 1.29. The molecule has 0 saturated heterocycles. The minimum absolute atomic E-state index is 0. The van der Waals surface area contributed by atoms with Gasteiger partial charge in [0.1, 0.15) is 5.82 Å². The van der Waals surface area contributed by atoms with E-state index in [0.717, 1.165) is 5.82 Å². The molecule has 0 spiro atoms. The van der Waals surface area contributed by atoms with Crippen LogP contribution in [-0.2, 0) is 0 Å². The van der Waals surface area contributed by atoms with Gasteiger partial charge in [0.2, 0.25) is 0 Å². The Labute approximate surface area is 83.2 Å². The summed E-state index contributed by atoms with van der Waals surface area (Å²) in [6, 6.07) is 3.61. The average Bonchev–Trinajstić information content (AvgIpc) is 1.90. The van der Waals surface area contributed by atoms with E-state index >= 15 is 0 Å². The van der Waals surface area contributed by atoms with Crippen molar-refractivity contribution in [1.29, 1.82) is 0 Å². The molecule has 1 rings (SSSR count). The molecular formula is C6H9Cl3N2. The molecule has 0 unspecified atom stereocenters. The Morgan fingerprint density at radius 3 is 2.36 bits per heavy atom. The molecule has 0 radical (unpaired) electrons. The number of hydrogen-bond donors (Lipinski definition) is 1. The SMILES string of the molecule is CNc1ccc(Cl)cn1.Cl.Cl. The summed E-state index contributed by atoms with van der Waals surface area (Å²) < 4.78 is 0. The first kappa shape index (κ1) is 13.4. The zero-order valence-electron chi connectivity index (χ0n) is 5.87. The molecule has 0 amide bonds. The van der Waals surface area contributed by atoms with E-state index in [9.17, 15) is 0 Å². The van der Waals surface area contributed by atoms with E-state index in [4.69, 9.17) is 11.6 Å². The highest BCUT2D eigenvalue weighted by molar-refractivity contribution is 6.30. The molecular weight excluding hydrogens is 206 g/mol. The highest BCUT2D eigenvalue weighted by Gasteiger charge is 1.86. The largest absolute Gasteiger partial charge is 0.373 e. The van der Waals surface area contributed by atoms with Crippen LogP contribution in [0.2, 0.25) is 5.02 Å². The maximum Gasteiger partial charge on any atom is 0.125 e. The second-order valence-corrected chi connectivity index (χ2v) is 2.05. The third-order valence-corrected chi connectivity index (χ3v) is 1.21. The second kappa shape index (κ2) is 6.53. The number of rotatable bonds is 1. The van der Waals surface area contributed by atoms with Crippen molar-refractivity contribution in [2.75, 3.05) is 12.4 Å². The Bertz CT molecular complexity index is 188. The quantitative estimate of drug-likeness (QED) is 0.779. The van der Waals surface area contributed by atoms with E-state index in [1.165, 1.54) is 0 Å². The smallest absolute Gasteiger partial charge is 0.125 e. The molecule has 1 aromatic rings. The van der Waals surface area contributed by atoms with Crippen LogP contribution >= 0.6 is 36.4 Å². The maximum atomic E-state index is 5.58. The van der Waals surface area contributed by atoms with Crippen LogP contribution in [0.25, 0.3) is 0 Å². The van der Waals surface area contributed by atoms with Gasteiger partial charge < -0.3 is 5.32 Å². The average molecular weight is 216 g/mol. The summed E-state index contributed by atoms with van der Waals surface area (Å²) in [6.45, 7) is 0. The standard InChI is InChI=1S/C6H7ClN2.2ClH/c1-8-6-3-2-5(7)4-9-6;;/h2-4H,1H3,(H,8,9);2*1H. The van der Waals surface area contributed by atoms with E-state index in [2.05, 4.69) is 10.3 Å². The molecule has 1 aromatic heterocycles. The van der Waals surface area contributed by atoms with Gasteiger partial charge in [0.15, 0.2) is 0 Å². The summed E-state index contributed by atoms with van der Waals surface area (Å²) in [5, 5.41) is 3.55. The number of anilines is 1. The van der Waals surface area contributed by atoms with Gasteiger partial charge in [0.05, 0.1) is 5.02 Å². The van der Waals surface area contributed by atoms with Gasteiger partial charge in [-0.3, -0.25) is 0 Å². The van der Waals surface area contributed by atoms with Crippen molar-refractivity contribution in [3.63, 3.8) is 0 Å². The van der Waals surface area contributed by atoms with Crippen LogP contribution in [0, 0.1) is 0 Å². The third kappa shape index (κ3) is 4.30. The van der Waals surface area contributed by atoms with Crippen LogP contribution in [0.4, 0.5) is 5.82 Å². The fraction of sp³-hybridized carbons (Fsp3) is 0.167. The Kier molecular flexibility index (Phi) is 7.96. The van der Waals surface area contributed by atoms with Crippen LogP contribution in [0.1, 0.15) is 0 Å². The van der Waals surface area contributed by atoms with Gasteiger partial charge in [-0.2, -0.15) is 0 Å². The van der Waals surface area contributed by atoms with Crippen molar-refractivity contribution >= 4 is 42.2 Å². The predicted molar refractivity (Wildman–Crippen MR) is 53.3 cm³/mol. The van der Waals surface area contributed by atoms with E-state index < -0.39 is 0 Å². The van der Waals surface area contributed by atoms with E-state index in [0.29, 0.717) is 5.02 Å². The van der Waals surface area contributed by atoms with Gasteiger partial charge in [-0.15, -0.1) is 24.8 Å².